The molecule has 0 aliphatic heterocycles. The van der Waals surface area contributed by atoms with Gasteiger partial charge in [-0.3, -0.25) is 0 Å². The normalized spacial score (nSPS) is 28.4. The smallest absolute Gasteiger partial charge is 0.450 e. The van der Waals surface area contributed by atoms with Crippen LogP contribution in [0.4, 0.5) is 4.79 Å². The van der Waals surface area contributed by atoms with Crippen molar-refractivity contribution in [3.05, 3.63) is 0 Å². The molecule has 0 radical (unpaired) electrons. The standard InChI is InChI=1S/C9H16O4/c10-5-7-1-3-8(4-2-7)6-13-9(11)12/h7-8,10H,1-6H2,(H,11,12). The summed E-state index contributed by atoms with van der Waals surface area (Å²) in [5.74, 6) is 0.778. The van der Waals surface area contributed by atoms with Crippen molar-refractivity contribution in [2.75, 3.05) is 13.2 Å². The van der Waals surface area contributed by atoms with Crippen LogP contribution < -0.4 is 0 Å². The molecule has 1 rings (SSSR count). The molecule has 0 spiro atoms. The maximum atomic E-state index is 10.1. The van der Waals surface area contributed by atoms with Gasteiger partial charge in [0.2, 0.25) is 0 Å². The summed E-state index contributed by atoms with van der Waals surface area (Å²) in [6.07, 6.45) is 2.73. The van der Waals surface area contributed by atoms with Crippen LogP contribution in [0.2, 0.25) is 0 Å². The molecule has 0 aromatic heterocycles. The van der Waals surface area contributed by atoms with Crippen LogP contribution in [0.25, 0.3) is 0 Å². The summed E-state index contributed by atoms with van der Waals surface area (Å²) in [7, 11) is 0. The molecule has 4 nitrogen and oxygen atoms in total. The molecule has 0 aromatic carbocycles. The quantitative estimate of drug-likeness (QED) is 0.658. The first-order valence-corrected chi connectivity index (χ1v) is 4.69. The van der Waals surface area contributed by atoms with Crippen molar-refractivity contribution in [1.29, 1.82) is 0 Å². The van der Waals surface area contributed by atoms with Gasteiger partial charge >= 0.3 is 6.16 Å². The fourth-order valence-corrected chi connectivity index (χ4v) is 1.77. The number of ether oxygens (including phenoxy) is 1. The maximum absolute atomic E-state index is 10.1. The van der Waals surface area contributed by atoms with Gasteiger partial charge in [-0.15, -0.1) is 0 Å². The van der Waals surface area contributed by atoms with Crippen molar-refractivity contribution in [3.8, 4) is 0 Å². The summed E-state index contributed by atoms with van der Waals surface area (Å²) in [5.41, 5.74) is 0. The van der Waals surface area contributed by atoms with Crippen molar-refractivity contribution in [1.82, 2.24) is 0 Å². The Bertz CT molecular complexity index is 161. The van der Waals surface area contributed by atoms with Gasteiger partial charge in [0.1, 0.15) is 0 Å². The number of carbonyl (C=O) groups is 1. The van der Waals surface area contributed by atoms with Crippen LogP contribution in [-0.4, -0.2) is 29.6 Å². The third-order valence-corrected chi connectivity index (χ3v) is 2.67. The Balaban J connectivity index is 2.14. The van der Waals surface area contributed by atoms with Crippen LogP contribution >= 0.6 is 0 Å². The van der Waals surface area contributed by atoms with Gasteiger partial charge < -0.3 is 14.9 Å². The predicted octanol–water partition coefficient (Wildman–Crippen LogP) is 1.48. The molecule has 0 heterocycles. The number of hydrogen-bond acceptors (Lipinski definition) is 3. The number of hydrogen-bond donors (Lipinski definition) is 2. The van der Waals surface area contributed by atoms with Crippen molar-refractivity contribution in [2.45, 2.75) is 25.7 Å². The lowest BCUT2D eigenvalue weighted by Crippen LogP contribution is -2.21. The second-order valence-electron chi connectivity index (χ2n) is 3.65. The largest absolute Gasteiger partial charge is 0.505 e. The summed E-state index contributed by atoms with van der Waals surface area (Å²) in [6, 6.07) is 0. The van der Waals surface area contributed by atoms with E-state index in [1.54, 1.807) is 0 Å². The molecule has 1 aliphatic carbocycles. The zero-order valence-electron chi connectivity index (χ0n) is 7.61. The van der Waals surface area contributed by atoms with E-state index in [1.165, 1.54) is 0 Å². The minimum absolute atomic E-state index is 0.256. The van der Waals surface area contributed by atoms with E-state index in [2.05, 4.69) is 4.74 Å². The molecule has 0 bridgehead atoms. The molecule has 0 atom stereocenters. The summed E-state index contributed by atoms with van der Waals surface area (Å²) < 4.78 is 4.50. The maximum Gasteiger partial charge on any atom is 0.505 e. The Morgan fingerprint density at radius 2 is 1.77 bits per heavy atom. The molecule has 76 valence electrons. The Kier molecular flexibility index (Phi) is 4.02. The van der Waals surface area contributed by atoms with Gasteiger partial charge in [0, 0.05) is 6.61 Å². The number of aliphatic hydroxyl groups is 1. The molecular formula is C9H16O4. The average molecular weight is 188 g/mol. The minimum Gasteiger partial charge on any atom is -0.450 e. The number of aliphatic hydroxyl groups excluding tert-OH is 1. The second kappa shape index (κ2) is 5.07. The zero-order chi connectivity index (χ0) is 9.68. The number of rotatable bonds is 3. The van der Waals surface area contributed by atoms with Gasteiger partial charge in [0.25, 0.3) is 0 Å². The topological polar surface area (TPSA) is 66.8 Å². The molecule has 2 N–H and O–H groups in total. The lowest BCUT2D eigenvalue weighted by Gasteiger charge is -2.26. The average Bonchev–Trinajstić information content (AvgIpc) is 2.15. The van der Waals surface area contributed by atoms with Crippen molar-refractivity contribution < 1.29 is 19.7 Å². The SMILES string of the molecule is O=C(O)OCC1CCC(CO)CC1. The van der Waals surface area contributed by atoms with E-state index in [4.69, 9.17) is 10.2 Å². The fraction of sp³-hybridized carbons (Fsp3) is 0.889. The highest BCUT2D eigenvalue weighted by Gasteiger charge is 2.21. The minimum atomic E-state index is -1.19. The van der Waals surface area contributed by atoms with Crippen LogP contribution in [0.15, 0.2) is 0 Å². The molecule has 4 heteroatoms. The fourth-order valence-electron chi connectivity index (χ4n) is 1.77. The summed E-state index contributed by atoms with van der Waals surface area (Å²) in [4.78, 5) is 10.1. The molecule has 1 saturated carbocycles. The van der Waals surface area contributed by atoms with E-state index in [9.17, 15) is 4.79 Å². The molecular weight excluding hydrogens is 172 g/mol. The summed E-state index contributed by atoms with van der Waals surface area (Å²) in [6.45, 7) is 0.569. The Hall–Kier alpha value is -0.770. The van der Waals surface area contributed by atoms with Gasteiger partial charge in [0.15, 0.2) is 0 Å². The van der Waals surface area contributed by atoms with Gasteiger partial charge in [-0.05, 0) is 37.5 Å². The van der Waals surface area contributed by atoms with E-state index in [0.717, 1.165) is 25.7 Å². The first kappa shape index (κ1) is 10.3. The molecule has 0 unspecified atom stereocenters. The van der Waals surface area contributed by atoms with Crippen LogP contribution in [0.5, 0.6) is 0 Å². The van der Waals surface area contributed by atoms with E-state index >= 15 is 0 Å². The summed E-state index contributed by atoms with van der Waals surface area (Å²) >= 11 is 0. The highest BCUT2D eigenvalue weighted by atomic mass is 16.7. The Morgan fingerprint density at radius 3 is 2.23 bits per heavy atom. The van der Waals surface area contributed by atoms with E-state index in [-0.39, 0.29) is 6.61 Å². The van der Waals surface area contributed by atoms with Gasteiger partial charge in [0.05, 0.1) is 6.61 Å². The van der Waals surface area contributed by atoms with Crippen LogP contribution in [-0.2, 0) is 4.74 Å². The Morgan fingerprint density at radius 1 is 1.23 bits per heavy atom. The molecule has 0 saturated heterocycles. The van der Waals surface area contributed by atoms with Crippen molar-refractivity contribution in [3.63, 3.8) is 0 Å². The first-order valence-electron chi connectivity index (χ1n) is 4.69. The van der Waals surface area contributed by atoms with Crippen LogP contribution in [0.1, 0.15) is 25.7 Å². The third kappa shape index (κ3) is 3.63. The van der Waals surface area contributed by atoms with Crippen LogP contribution in [0, 0.1) is 11.8 Å². The zero-order valence-corrected chi connectivity index (χ0v) is 7.61. The van der Waals surface area contributed by atoms with E-state index in [0.29, 0.717) is 18.4 Å². The molecule has 1 fully saturated rings. The van der Waals surface area contributed by atoms with Crippen LogP contribution in [0.3, 0.4) is 0 Å². The van der Waals surface area contributed by atoms with Gasteiger partial charge in [-0.25, -0.2) is 4.79 Å². The molecule has 0 amide bonds. The third-order valence-electron chi connectivity index (χ3n) is 2.67. The first-order chi connectivity index (χ1) is 6.22. The Labute approximate surface area is 77.5 Å². The monoisotopic (exact) mass is 188 g/mol. The number of carboxylic acid groups (broad SMARTS) is 1. The lowest BCUT2D eigenvalue weighted by molar-refractivity contribution is 0.0622. The molecule has 13 heavy (non-hydrogen) atoms. The molecule has 0 aromatic rings. The highest BCUT2D eigenvalue weighted by molar-refractivity contribution is 5.56. The second-order valence-corrected chi connectivity index (χ2v) is 3.65. The van der Waals surface area contributed by atoms with E-state index < -0.39 is 6.16 Å². The van der Waals surface area contributed by atoms with E-state index in [1.807, 2.05) is 0 Å². The van der Waals surface area contributed by atoms with Crippen molar-refractivity contribution >= 4 is 6.16 Å². The predicted molar refractivity (Wildman–Crippen MR) is 46.5 cm³/mol. The molecule has 1 aliphatic rings. The lowest BCUT2D eigenvalue weighted by atomic mass is 9.83. The van der Waals surface area contributed by atoms with Gasteiger partial charge in [-0.2, -0.15) is 0 Å². The van der Waals surface area contributed by atoms with Gasteiger partial charge in [-0.1, -0.05) is 0 Å². The highest BCUT2D eigenvalue weighted by Crippen LogP contribution is 2.28. The summed E-state index contributed by atoms with van der Waals surface area (Å²) in [5, 5.41) is 17.2. The van der Waals surface area contributed by atoms with Crippen molar-refractivity contribution in [2.24, 2.45) is 11.8 Å².